The summed E-state index contributed by atoms with van der Waals surface area (Å²) in [7, 11) is 0. The number of aromatic nitrogens is 4. The molecule has 390 valence electrons. The van der Waals surface area contributed by atoms with Gasteiger partial charge in [-0.3, -0.25) is 28.8 Å². The predicted octanol–water partition coefficient (Wildman–Crippen LogP) is 7.07. The minimum Gasteiger partial charge on any atom is -0.508 e. The van der Waals surface area contributed by atoms with E-state index in [1.807, 2.05) is 27.7 Å². The number of carbonyl (C=O) groups is 4. The van der Waals surface area contributed by atoms with Crippen LogP contribution in [-0.2, 0) is 74.2 Å². The molecule has 9 rings (SSSR count). The van der Waals surface area contributed by atoms with Gasteiger partial charge in [0.05, 0.1) is 57.9 Å². The third kappa shape index (κ3) is 9.24. The van der Waals surface area contributed by atoms with Gasteiger partial charge < -0.3 is 44.6 Å². The lowest BCUT2D eigenvalue weighted by Gasteiger charge is -2.32. The number of aromatic hydroxyl groups is 1. The molecule has 0 unspecified atom stereocenters. The third-order valence-corrected chi connectivity index (χ3v) is 14.3. The van der Waals surface area contributed by atoms with Gasteiger partial charge in [-0.25, -0.2) is 9.97 Å². The van der Waals surface area contributed by atoms with Crippen molar-refractivity contribution in [3.05, 3.63) is 114 Å². The van der Waals surface area contributed by atoms with E-state index < -0.39 is 46.6 Å². The number of aryl methyl sites for hydroxylation is 2. The van der Waals surface area contributed by atoms with Crippen molar-refractivity contribution in [2.45, 2.75) is 152 Å². The van der Waals surface area contributed by atoms with Gasteiger partial charge in [0.25, 0.3) is 22.9 Å². The van der Waals surface area contributed by atoms with Crippen LogP contribution >= 0.6 is 0 Å². The fourth-order valence-electron chi connectivity index (χ4n) is 10.3. The molecule has 0 saturated carbocycles. The van der Waals surface area contributed by atoms with E-state index in [0.717, 1.165) is 45.0 Å². The first kappa shape index (κ1) is 53.1. The summed E-state index contributed by atoms with van der Waals surface area (Å²) in [6.07, 6.45) is 1.80. The van der Waals surface area contributed by atoms with Crippen molar-refractivity contribution in [2.75, 3.05) is 0 Å². The summed E-state index contributed by atoms with van der Waals surface area (Å²) < 4.78 is 14.4. The number of phenolic OH excluding ortho intramolecular Hbond substituents is 1. The largest absolute Gasteiger partial charge is 0.508 e. The third-order valence-electron chi connectivity index (χ3n) is 14.3. The van der Waals surface area contributed by atoms with Gasteiger partial charge in [0.1, 0.15) is 18.1 Å². The highest BCUT2D eigenvalue weighted by molar-refractivity contribution is 5.93. The molecule has 5 N–H and O–H groups in total. The molecule has 4 aromatic heterocycles. The number of aliphatic hydroxyl groups is 2. The molecular formula is C57H66N6O11. The number of rotatable bonds is 12. The molecule has 0 bridgehead atoms. The highest BCUT2D eigenvalue weighted by Gasteiger charge is 2.45. The van der Waals surface area contributed by atoms with Gasteiger partial charge >= 0.3 is 11.9 Å². The Balaban J connectivity index is 0.000000215. The molecule has 6 aromatic rings. The summed E-state index contributed by atoms with van der Waals surface area (Å²) in [5.74, 6) is -1.19. The number of ether oxygens (including phenoxy) is 2. The van der Waals surface area contributed by atoms with Crippen LogP contribution in [0.4, 0.5) is 0 Å². The Bertz CT molecular complexity index is 3440. The summed E-state index contributed by atoms with van der Waals surface area (Å²) >= 11 is 0. The van der Waals surface area contributed by atoms with Gasteiger partial charge in [-0.1, -0.05) is 41.5 Å². The lowest BCUT2D eigenvalue weighted by Crippen LogP contribution is -2.50. The van der Waals surface area contributed by atoms with Crippen LogP contribution in [0.2, 0.25) is 0 Å². The second-order valence-corrected chi connectivity index (χ2v) is 21.2. The van der Waals surface area contributed by atoms with Gasteiger partial charge in [0.2, 0.25) is 0 Å². The maximum absolute atomic E-state index is 14.2. The predicted molar refractivity (Wildman–Crippen MR) is 279 cm³/mol. The van der Waals surface area contributed by atoms with Crippen molar-refractivity contribution >= 4 is 45.6 Å². The average Bonchev–Trinajstić information content (AvgIpc) is 3.91. The minimum absolute atomic E-state index is 0.0226. The number of hydrogen-bond donors (Lipinski definition) is 5. The zero-order valence-electron chi connectivity index (χ0n) is 44.0. The SMILES string of the molecule is CCc1c2c(nc3ccc(O)cc13)-c1cc3c(c(=O)n1C2)CNC(=O)[C@]3(O)CC.CCc1c2c(nc3ccc(OC(=O)CC(C)C)cc13)-c1cc([C@@](O)(CC)C(=O)NC(C)C)c(COC(=O)C(C)(C)C)c(=O)n1C2. The summed E-state index contributed by atoms with van der Waals surface area (Å²) in [4.78, 5) is 88.1. The van der Waals surface area contributed by atoms with Crippen LogP contribution in [0.3, 0.4) is 0 Å². The van der Waals surface area contributed by atoms with Crippen LogP contribution in [0.5, 0.6) is 11.5 Å². The highest BCUT2D eigenvalue weighted by atomic mass is 16.5. The molecular weight excluding hydrogens is 945 g/mol. The number of carbonyl (C=O) groups excluding carboxylic acids is 4. The molecule has 17 nitrogen and oxygen atoms in total. The first-order valence-electron chi connectivity index (χ1n) is 25.5. The number of nitrogens with zero attached hydrogens (tertiary/aromatic N) is 4. The topological polar surface area (TPSA) is 241 Å². The van der Waals surface area contributed by atoms with Crippen LogP contribution < -0.4 is 26.5 Å². The first-order valence-corrected chi connectivity index (χ1v) is 25.5. The van der Waals surface area contributed by atoms with Gasteiger partial charge in [-0.15, -0.1) is 0 Å². The number of phenols is 1. The van der Waals surface area contributed by atoms with Gasteiger partial charge in [0, 0.05) is 57.6 Å². The molecule has 2 amide bonds. The fraction of sp³-hybridized carbons (Fsp3) is 0.439. The van der Waals surface area contributed by atoms with Crippen LogP contribution in [0.25, 0.3) is 44.6 Å². The van der Waals surface area contributed by atoms with E-state index in [1.165, 1.54) is 0 Å². The molecule has 2 atom stereocenters. The van der Waals surface area contributed by atoms with Gasteiger partial charge in [-0.05, 0) is 126 Å². The van der Waals surface area contributed by atoms with E-state index >= 15 is 0 Å². The van der Waals surface area contributed by atoms with Crippen molar-refractivity contribution in [1.82, 2.24) is 29.7 Å². The van der Waals surface area contributed by atoms with E-state index in [1.54, 1.807) is 106 Å². The average molecular weight is 1010 g/mol. The monoisotopic (exact) mass is 1010 g/mol. The molecule has 2 aromatic carbocycles. The molecule has 0 saturated heterocycles. The maximum atomic E-state index is 14.2. The number of pyridine rings is 4. The van der Waals surface area contributed by atoms with Crippen molar-refractivity contribution in [3.63, 3.8) is 0 Å². The van der Waals surface area contributed by atoms with Gasteiger partial charge in [-0.2, -0.15) is 0 Å². The van der Waals surface area contributed by atoms with Gasteiger partial charge in [0.15, 0.2) is 11.2 Å². The number of benzene rings is 2. The summed E-state index contributed by atoms with van der Waals surface area (Å²) in [5, 5.41) is 39.9. The van der Waals surface area contributed by atoms with Crippen LogP contribution in [0, 0.1) is 11.3 Å². The standard InChI is InChI=1S/C35H45N3O7.C22H21N3O4/c1-10-22-23-15-21(45-29(39)14-19(3)4)12-13-27(23)37-30-24(22)17-38-28(30)16-26(35(43,11-2)32(41)36-20(5)6)25(31(38)40)18-44-33(42)34(7,8)9;1-3-12-13-7-11(26)5-6-17(13)24-19-15(12)10-25-18(19)8-16-14(20(25)27)9-23-21(28)22(16,29)4-2/h12-13,15-16,19-20,43H,10-11,14,17-18H2,1-9H3,(H,36,41);5-8,26,29H,3-4,9-10H2,1-2H3,(H,23,28)/t35-;22-/m00/s1. The van der Waals surface area contributed by atoms with Crippen LogP contribution in [0.1, 0.15) is 140 Å². The molecule has 3 aliphatic rings. The minimum atomic E-state index is -2.07. The zero-order chi connectivity index (χ0) is 53.9. The molecule has 17 heteroatoms. The van der Waals surface area contributed by atoms with Crippen LogP contribution in [0.15, 0.2) is 58.1 Å². The Labute approximate surface area is 429 Å². The zero-order valence-corrected chi connectivity index (χ0v) is 44.0. The van der Waals surface area contributed by atoms with E-state index in [-0.39, 0.29) is 66.3 Å². The number of fused-ring (bicyclic) bond motifs is 9. The van der Waals surface area contributed by atoms with E-state index in [4.69, 9.17) is 19.4 Å². The maximum Gasteiger partial charge on any atom is 0.311 e. The van der Waals surface area contributed by atoms with Crippen molar-refractivity contribution in [1.29, 1.82) is 0 Å². The van der Waals surface area contributed by atoms with E-state index in [9.17, 15) is 44.1 Å². The Morgan fingerprint density at radius 1 is 0.797 bits per heavy atom. The normalized spacial score (nSPS) is 16.1. The van der Waals surface area contributed by atoms with Crippen LogP contribution in [-0.4, -0.2) is 64.2 Å². The first-order chi connectivity index (χ1) is 34.9. The Kier molecular flexibility index (Phi) is 14.3. The summed E-state index contributed by atoms with van der Waals surface area (Å²) in [5.41, 5.74) is 3.14. The summed E-state index contributed by atoms with van der Waals surface area (Å²) in [6.45, 7) is 20.3. The highest BCUT2D eigenvalue weighted by Crippen LogP contribution is 2.42. The molecule has 74 heavy (non-hydrogen) atoms. The second kappa shape index (κ2) is 19.9. The number of esters is 2. The molecule has 0 fully saturated rings. The Hall–Kier alpha value is -7.24. The Morgan fingerprint density at radius 2 is 1.38 bits per heavy atom. The molecule has 0 spiro atoms. The number of hydrogen-bond acceptors (Lipinski definition) is 13. The number of nitrogens with one attached hydrogen (secondary N) is 2. The summed E-state index contributed by atoms with van der Waals surface area (Å²) in [6, 6.07) is 13.5. The van der Waals surface area contributed by atoms with Crippen molar-refractivity contribution < 1.29 is 44.0 Å². The Morgan fingerprint density at radius 3 is 1.93 bits per heavy atom. The smallest absolute Gasteiger partial charge is 0.311 e. The second-order valence-electron chi connectivity index (χ2n) is 21.2. The van der Waals surface area contributed by atoms with E-state index in [0.29, 0.717) is 64.6 Å². The lowest BCUT2D eigenvalue weighted by atomic mass is 9.84. The van der Waals surface area contributed by atoms with Crippen molar-refractivity contribution in [2.24, 2.45) is 11.3 Å². The van der Waals surface area contributed by atoms with Crippen molar-refractivity contribution in [3.8, 4) is 34.3 Å². The van der Waals surface area contributed by atoms with E-state index in [2.05, 4.69) is 10.6 Å². The fourth-order valence-corrected chi connectivity index (χ4v) is 10.3. The molecule has 0 radical (unpaired) electrons. The number of amides is 2. The molecule has 0 aliphatic carbocycles. The lowest BCUT2D eigenvalue weighted by molar-refractivity contribution is -0.154. The quantitative estimate of drug-likeness (QED) is 0.0609. The molecule has 3 aliphatic heterocycles. The molecule has 7 heterocycles.